The first-order valence-electron chi connectivity index (χ1n) is 6.64. The Kier molecular flexibility index (Phi) is 8.59. The lowest BCUT2D eigenvalue weighted by Gasteiger charge is -2.06. The van der Waals surface area contributed by atoms with Crippen molar-refractivity contribution in [3.63, 3.8) is 0 Å². The van der Waals surface area contributed by atoms with Crippen LogP contribution in [-0.2, 0) is 0 Å². The van der Waals surface area contributed by atoms with Gasteiger partial charge in [0, 0.05) is 6.20 Å². The zero-order valence-electron chi connectivity index (χ0n) is 12.4. The summed E-state index contributed by atoms with van der Waals surface area (Å²) in [6.45, 7) is 13.2. The van der Waals surface area contributed by atoms with Gasteiger partial charge >= 0.3 is 0 Å². The van der Waals surface area contributed by atoms with Gasteiger partial charge in [0.15, 0.2) is 0 Å². The van der Waals surface area contributed by atoms with Gasteiger partial charge in [-0.2, -0.15) is 0 Å². The van der Waals surface area contributed by atoms with Gasteiger partial charge in [-0.05, 0) is 41.8 Å². The minimum absolute atomic E-state index is 0.516. The van der Waals surface area contributed by atoms with E-state index in [9.17, 15) is 0 Å². The van der Waals surface area contributed by atoms with Crippen molar-refractivity contribution in [1.29, 1.82) is 0 Å². The van der Waals surface area contributed by atoms with Crippen molar-refractivity contribution in [3.8, 4) is 0 Å². The molecule has 102 valence electrons. The van der Waals surface area contributed by atoms with Gasteiger partial charge < -0.3 is 5.73 Å². The molecule has 18 heavy (non-hydrogen) atoms. The number of hydrogen-bond acceptors (Lipinski definition) is 3. The summed E-state index contributed by atoms with van der Waals surface area (Å²) in [5.41, 5.74) is 7.36. The number of hydrogen-bond donors (Lipinski definition) is 1. The maximum absolute atomic E-state index is 4.85. The topological polar surface area (TPSA) is 38.9 Å². The van der Waals surface area contributed by atoms with Crippen LogP contribution in [0.4, 0.5) is 0 Å². The van der Waals surface area contributed by atoms with Gasteiger partial charge in [-0.15, -0.1) is 11.3 Å². The lowest BCUT2D eigenvalue weighted by molar-refractivity contribution is 0.835. The molecule has 3 heteroatoms. The molecule has 2 heterocycles. The number of aromatic nitrogens is 1. The molecule has 2 aromatic heterocycles. The fourth-order valence-electron chi connectivity index (χ4n) is 1.52. The molecule has 0 unspecified atom stereocenters. The van der Waals surface area contributed by atoms with Crippen LogP contribution in [0.5, 0.6) is 0 Å². The second-order valence-electron chi connectivity index (χ2n) is 4.05. The first kappa shape index (κ1) is 17.1. The highest BCUT2D eigenvalue weighted by atomic mass is 32.1. The van der Waals surface area contributed by atoms with E-state index in [0.29, 0.717) is 5.92 Å². The lowest BCUT2D eigenvalue weighted by atomic mass is 10.1. The van der Waals surface area contributed by atoms with Gasteiger partial charge in [0.05, 0.1) is 10.4 Å². The molecule has 2 nitrogen and oxygen atoms in total. The highest BCUT2D eigenvalue weighted by Gasteiger charge is 2.08. The quantitative estimate of drug-likeness (QED) is 0.811. The number of nitrogens with two attached hydrogens (primary N) is 1. The Morgan fingerprint density at radius 3 is 2.39 bits per heavy atom. The van der Waals surface area contributed by atoms with E-state index in [4.69, 9.17) is 5.73 Å². The van der Waals surface area contributed by atoms with E-state index in [1.807, 2.05) is 27.0 Å². The van der Waals surface area contributed by atoms with E-state index in [2.05, 4.69) is 37.2 Å². The summed E-state index contributed by atoms with van der Waals surface area (Å²) in [4.78, 5) is 4.49. The maximum atomic E-state index is 4.85. The zero-order valence-corrected chi connectivity index (χ0v) is 13.3. The van der Waals surface area contributed by atoms with E-state index in [0.717, 1.165) is 6.54 Å². The highest BCUT2D eigenvalue weighted by Crippen LogP contribution is 2.29. The van der Waals surface area contributed by atoms with Crippen LogP contribution in [0.1, 0.15) is 51.8 Å². The molecule has 0 aliphatic heterocycles. The van der Waals surface area contributed by atoms with Crippen molar-refractivity contribution in [1.82, 2.24) is 4.98 Å². The Bertz CT molecular complexity index is 447. The molecule has 0 amide bonds. The van der Waals surface area contributed by atoms with Gasteiger partial charge in [-0.25, -0.2) is 0 Å². The Hall–Kier alpha value is -0.930. The fourth-order valence-corrected chi connectivity index (χ4v) is 2.63. The molecule has 0 atom stereocenters. The summed E-state index contributed by atoms with van der Waals surface area (Å²) in [6, 6.07) is 2.18. The number of pyridine rings is 1. The Morgan fingerprint density at radius 1 is 1.33 bits per heavy atom. The summed E-state index contributed by atoms with van der Waals surface area (Å²) in [7, 11) is 0. The van der Waals surface area contributed by atoms with Crippen LogP contribution in [0.25, 0.3) is 10.1 Å². The molecule has 0 fully saturated rings. The van der Waals surface area contributed by atoms with Crippen LogP contribution in [0.3, 0.4) is 0 Å². The van der Waals surface area contributed by atoms with Crippen molar-refractivity contribution >= 4 is 21.4 Å². The first-order valence-corrected chi connectivity index (χ1v) is 7.52. The molecule has 2 aromatic rings. The van der Waals surface area contributed by atoms with Gasteiger partial charge in [0.1, 0.15) is 0 Å². The third-order valence-electron chi connectivity index (χ3n) is 2.27. The van der Waals surface area contributed by atoms with E-state index in [-0.39, 0.29) is 0 Å². The molecule has 0 aromatic carbocycles. The zero-order chi connectivity index (χ0) is 14.1. The van der Waals surface area contributed by atoms with E-state index < -0.39 is 0 Å². The lowest BCUT2D eigenvalue weighted by Crippen LogP contribution is -1.92. The van der Waals surface area contributed by atoms with Crippen molar-refractivity contribution in [3.05, 3.63) is 28.9 Å². The number of rotatable bonds is 1. The Labute approximate surface area is 115 Å². The number of aryl methyl sites for hydroxylation is 1. The Morgan fingerprint density at radius 2 is 1.89 bits per heavy atom. The second kappa shape index (κ2) is 9.06. The minimum Gasteiger partial charge on any atom is -0.331 e. The predicted molar refractivity (Wildman–Crippen MR) is 84.5 cm³/mol. The first-order chi connectivity index (χ1) is 8.61. The smallest absolute Gasteiger partial charge is 0.0607 e. The van der Waals surface area contributed by atoms with Crippen LogP contribution in [-0.4, -0.2) is 11.5 Å². The van der Waals surface area contributed by atoms with Crippen molar-refractivity contribution in [2.24, 2.45) is 5.73 Å². The molecule has 0 bridgehead atoms. The summed E-state index contributed by atoms with van der Waals surface area (Å²) in [6.07, 6.45) is 1.98. The number of fused-ring (bicyclic) bond motifs is 1. The molecule has 0 saturated heterocycles. The molecule has 0 spiro atoms. The van der Waals surface area contributed by atoms with Crippen LogP contribution in [0, 0.1) is 6.92 Å². The summed E-state index contributed by atoms with van der Waals surface area (Å²) >= 11 is 1.79. The van der Waals surface area contributed by atoms with E-state index >= 15 is 0 Å². The van der Waals surface area contributed by atoms with Crippen molar-refractivity contribution in [2.75, 3.05) is 6.54 Å². The predicted octanol–water partition coefficient (Wildman–Crippen LogP) is 4.72. The summed E-state index contributed by atoms with van der Waals surface area (Å²) < 4.78 is 1.36. The highest BCUT2D eigenvalue weighted by molar-refractivity contribution is 7.17. The largest absolute Gasteiger partial charge is 0.331 e. The SMILES string of the molecule is CC.CCN.Cc1cnc(C(C)C)c2sccc12. The molecule has 0 saturated carbocycles. The molecule has 2 rings (SSSR count). The average molecular weight is 266 g/mol. The van der Waals surface area contributed by atoms with Crippen LogP contribution < -0.4 is 5.73 Å². The third kappa shape index (κ3) is 4.39. The minimum atomic E-state index is 0.516. The van der Waals surface area contributed by atoms with E-state index in [1.165, 1.54) is 21.3 Å². The van der Waals surface area contributed by atoms with Gasteiger partial charge in [0.2, 0.25) is 0 Å². The van der Waals surface area contributed by atoms with Gasteiger partial charge in [-0.3, -0.25) is 4.98 Å². The summed E-state index contributed by atoms with van der Waals surface area (Å²) in [5.74, 6) is 0.516. The van der Waals surface area contributed by atoms with Crippen LogP contribution in [0.15, 0.2) is 17.6 Å². The summed E-state index contributed by atoms with van der Waals surface area (Å²) in [5, 5.41) is 3.51. The van der Waals surface area contributed by atoms with Crippen LogP contribution >= 0.6 is 11.3 Å². The molecule has 0 radical (unpaired) electrons. The number of thiophene rings is 1. The normalized spacial score (nSPS) is 9.56. The standard InChI is InChI=1S/C11H13NS.C2H7N.C2H6/c1-7(2)10-11-9(4-5-13-11)8(3)6-12-10;1-2-3;1-2/h4-7H,1-3H3;2-3H2,1H3;1-2H3. The van der Waals surface area contributed by atoms with Gasteiger partial charge in [0.25, 0.3) is 0 Å². The second-order valence-corrected chi connectivity index (χ2v) is 4.97. The Balaban J connectivity index is 0.000000509. The fraction of sp³-hybridized carbons (Fsp3) is 0.533. The van der Waals surface area contributed by atoms with Crippen LogP contribution in [0.2, 0.25) is 0 Å². The van der Waals surface area contributed by atoms with Gasteiger partial charge in [-0.1, -0.05) is 34.6 Å². The molecule has 0 aliphatic carbocycles. The third-order valence-corrected chi connectivity index (χ3v) is 3.20. The van der Waals surface area contributed by atoms with E-state index in [1.54, 1.807) is 11.3 Å². The van der Waals surface area contributed by atoms with Crippen molar-refractivity contribution < 1.29 is 0 Å². The number of nitrogens with zero attached hydrogens (tertiary/aromatic N) is 1. The molecule has 0 aliphatic rings. The average Bonchev–Trinajstić information content (AvgIpc) is 2.82. The monoisotopic (exact) mass is 266 g/mol. The molecular weight excluding hydrogens is 240 g/mol. The molecule has 2 N–H and O–H groups in total. The molecular formula is C15H26N2S. The van der Waals surface area contributed by atoms with Crippen molar-refractivity contribution in [2.45, 2.75) is 47.5 Å². The maximum Gasteiger partial charge on any atom is 0.0607 e.